The van der Waals surface area contributed by atoms with E-state index in [2.05, 4.69) is 0 Å². The van der Waals surface area contributed by atoms with Crippen molar-refractivity contribution < 1.29 is 64.2 Å². The van der Waals surface area contributed by atoms with Crippen LogP contribution in [0.1, 0.15) is 0 Å². The first-order valence-electron chi connectivity index (χ1n) is 12.2. The van der Waals surface area contributed by atoms with Crippen molar-refractivity contribution >= 4 is 11.0 Å². The first kappa shape index (κ1) is 28.2. The fourth-order valence-corrected chi connectivity index (χ4v) is 4.57. The number of rotatable bonds is 7. The molecule has 0 aliphatic carbocycles. The van der Waals surface area contributed by atoms with Crippen molar-refractivity contribution in [2.24, 2.45) is 0 Å². The van der Waals surface area contributed by atoms with Crippen LogP contribution >= 0.6 is 0 Å². The van der Waals surface area contributed by atoms with Gasteiger partial charge in [0, 0.05) is 23.8 Å². The molecule has 2 aliphatic heterocycles. The molecule has 8 atom stereocenters. The van der Waals surface area contributed by atoms with Crippen molar-refractivity contribution in [1.29, 1.82) is 0 Å². The number of aromatic hydroxyl groups is 2. The van der Waals surface area contributed by atoms with Gasteiger partial charge in [-0.1, -0.05) is 0 Å². The molecule has 0 saturated carbocycles. The highest BCUT2D eigenvalue weighted by Gasteiger charge is 2.53. The molecule has 2 aliphatic rings. The molecule has 14 nitrogen and oxygen atoms in total. The Morgan fingerprint density at radius 3 is 2.35 bits per heavy atom. The summed E-state index contributed by atoms with van der Waals surface area (Å²) < 4.78 is 28.0. The summed E-state index contributed by atoms with van der Waals surface area (Å²) in [6.07, 6.45) is -11.2. The zero-order chi connectivity index (χ0) is 28.8. The average Bonchev–Trinajstić information content (AvgIpc) is 3.21. The summed E-state index contributed by atoms with van der Waals surface area (Å²) in [5, 5.41) is 80.7. The minimum Gasteiger partial charge on any atom is -0.508 e. The van der Waals surface area contributed by atoms with E-state index in [1.54, 1.807) is 0 Å². The van der Waals surface area contributed by atoms with Crippen LogP contribution in [-0.4, -0.2) is 109 Å². The Morgan fingerprint density at radius 1 is 0.975 bits per heavy atom. The second-order valence-electron chi connectivity index (χ2n) is 9.65. The van der Waals surface area contributed by atoms with Crippen LogP contribution in [0.3, 0.4) is 0 Å². The van der Waals surface area contributed by atoms with Gasteiger partial charge in [-0.2, -0.15) is 0 Å². The highest BCUT2D eigenvalue weighted by molar-refractivity contribution is 5.86. The van der Waals surface area contributed by atoms with Crippen LogP contribution in [-0.2, 0) is 14.2 Å². The number of phenolic OH excluding ortho intramolecular Hbond substituents is 2. The molecule has 2 saturated heterocycles. The third-order valence-electron chi connectivity index (χ3n) is 6.88. The van der Waals surface area contributed by atoms with E-state index >= 15 is 0 Å². The molecule has 1 aromatic heterocycles. The number of fused-ring (bicyclic) bond motifs is 1. The lowest BCUT2D eigenvalue weighted by molar-refractivity contribution is -0.318. The van der Waals surface area contributed by atoms with Crippen molar-refractivity contribution in [3.05, 3.63) is 52.7 Å². The largest absolute Gasteiger partial charge is 0.508 e. The molecule has 40 heavy (non-hydrogen) atoms. The molecule has 8 N–H and O–H groups in total. The molecule has 0 bridgehead atoms. The summed E-state index contributed by atoms with van der Waals surface area (Å²) in [6.45, 7) is -2.06. The Kier molecular flexibility index (Phi) is 7.71. The van der Waals surface area contributed by atoms with Gasteiger partial charge in [-0.3, -0.25) is 4.79 Å². The van der Waals surface area contributed by atoms with Gasteiger partial charge in [0.15, 0.2) is 17.8 Å². The first-order valence-corrected chi connectivity index (χ1v) is 12.2. The summed E-state index contributed by atoms with van der Waals surface area (Å²) in [5.41, 5.74) is -2.22. The standard InChI is InChI=1S/C26H28O14/c27-8-18-20(32)21(33)22(40-25-23(34)26(35,9-28)10-36-25)24(39-18)37-13-5-14(30)19-15(31)7-16(38-17(19)6-13)11-1-3-12(29)4-2-11/h1-7,18,20-25,27-30,32-35H,8-10H2/t18-,20-,21-,22-,23+,24-,25+,26?/m1/s1. The number of aliphatic hydroxyl groups is 6. The SMILES string of the molecule is O=c1cc(-c2ccc(O)cc2)oc2cc(O[C@@H]3O[C@H](CO)[C@@H](O)[C@@H](O)[C@H]3O[C@@H]3OCC(O)(CO)[C@H]3O)cc(O)c12. The van der Waals surface area contributed by atoms with Gasteiger partial charge in [-0.15, -0.1) is 0 Å². The van der Waals surface area contributed by atoms with E-state index in [-0.39, 0.29) is 28.2 Å². The Labute approximate surface area is 225 Å². The van der Waals surface area contributed by atoms with Gasteiger partial charge in [0.2, 0.25) is 6.29 Å². The van der Waals surface area contributed by atoms with Gasteiger partial charge in [0.1, 0.15) is 64.0 Å². The maximum atomic E-state index is 12.8. The van der Waals surface area contributed by atoms with Crippen LogP contribution in [0, 0.1) is 0 Å². The van der Waals surface area contributed by atoms with Crippen LogP contribution in [0.15, 0.2) is 51.7 Å². The summed E-state index contributed by atoms with van der Waals surface area (Å²) in [4.78, 5) is 12.8. The smallest absolute Gasteiger partial charge is 0.229 e. The second-order valence-corrected chi connectivity index (χ2v) is 9.65. The van der Waals surface area contributed by atoms with E-state index in [1.165, 1.54) is 36.4 Å². The summed E-state index contributed by atoms with van der Waals surface area (Å²) in [5.74, 6) is -0.496. The van der Waals surface area contributed by atoms with E-state index in [4.69, 9.17) is 23.4 Å². The maximum Gasteiger partial charge on any atom is 0.229 e. The first-order chi connectivity index (χ1) is 19.0. The number of ether oxygens (including phenoxy) is 4. The summed E-state index contributed by atoms with van der Waals surface area (Å²) in [7, 11) is 0. The van der Waals surface area contributed by atoms with Crippen molar-refractivity contribution in [2.45, 2.75) is 48.7 Å². The molecule has 216 valence electrons. The monoisotopic (exact) mass is 564 g/mol. The zero-order valence-electron chi connectivity index (χ0n) is 20.7. The minimum absolute atomic E-state index is 0.00882. The van der Waals surface area contributed by atoms with Crippen LogP contribution in [0.25, 0.3) is 22.3 Å². The Hall–Kier alpha value is -3.31. The van der Waals surface area contributed by atoms with E-state index < -0.39 is 79.7 Å². The molecular weight excluding hydrogens is 536 g/mol. The van der Waals surface area contributed by atoms with Crippen molar-refractivity contribution in [3.63, 3.8) is 0 Å². The highest BCUT2D eigenvalue weighted by atomic mass is 16.8. The zero-order valence-corrected chi connectivity index (χ0v) is 20.7. The lowest BCUT2D eigenvalue weighted by atomic mass is 9.98. The fourth-order valence-electron chi connectivity index (χ4n) is 4.57. The predicted molar refractivity (Wildman–Crippen MR) is 132 cm³/mol. The van der Waals surface area contributed by atoms with Crippen LogP contribution in [0.4, 0.5) is 0 Å². The minimum atomic E-state index is -2.04. The molecule has 3 heterocycles. The molecule has 5 rings (SSSR count). The number of aliphatic hydroxyl groups excluding tert-OH is 5. The van der Waals surface area contributed by atoms with E-state index in [0.29, 0.717) is 5.56 Å². The van der Waals surface area contributed by atoms with Crippen LogP contribution in [0.2, 0.25) is 0 Å². The predicted octanol–water partition coefficient (Wildman–Crippen LogP) is -1.49. The van der Waals surface area contributed by atoms with E-state index in [1.807, 2.05) is 0 Å². The number of hydrogen-bond donors (Lipinski definition) is 8. The third kappa shape index (κ3) is 5.12. The number of benzene rings is 2. The van der Waals surface area contributed by atoms with Gasteiger partial charge in [0.25, 0.3) is 0 Å². The topological polar surface area (TPSA) is 229 Å². The van der Waals surface area contributed by atoms with Gasteiger partial charge in [-0.05, 0) is 24.3 Å². The van der Waals surface area contributed by atoms with Crippen molar-refractivity contribution in [1.82, 2.24) is 0 Å². The quantitative estimate of drug-likeness (QED) is 0.164. The number of hydrogen-bond acceptors (Lipinski definition) is 14. The average molecular weight is 564 g/mol. The van der Waals surface area contributed by atoms with Crippen LogP contribution in [0.5, 0.6) is 17.2 Å². The van der Waals surface area contributed by atoms with Gasteiger partial charge < -0.3 is 64.2 Å². The number of phenols is 2. The molecule has 0 spiro atoms. The molecule has 0 radical (unpaired) electrons. The molecule has 0 amide bonds. The third-order valence-corrected chi connectivity index (χ3v) is 6.88. The lowest BCUT2D eigenvalue weighted by Crippen LogP contribution is -2.62. The van der Waals surface area contributed by atoms with Gasteiger partial charge in [-0.25, -0.2) is 0 Å². The van der Waals surface area contributed by atoms with Crippen molar-refractivity contribution in [3.8, 4) is 28.6 Å². The maximum absolute atomic E-state index is 12.8. The molecule has 14 heteroatoms. The molecular formula is C26H28O14. The molecule has 2 fully saturated rings. The highest BCUT2D eigenvalue weighted by Crippen LogP contribution is 2.35. The Bertz CT molecular complexity index is 1410. The summed E-state index contributed by atoms with van der Waals surface area (Å²) in [6, 6.07) is 9.37. The van der Waals surface area contributed by atoms with E-state index in [9.17, 15) is 45.6 Å². The molecule has 1 unspecified atom stereocenters. The Balaban J connectivity index is 1.47. The van der Waals surface area contributed by atoms with Crippen LogP contribution < -0.4 is 10.2 Å². The molecule has 3 aromatic rings. The summed E-state index contributed by atoms with van der Waals surface area (Å²) >= 11 is 0. The van der Waals surface area contributed by atoms with Gasteiger partial charge in [0.05, 0.1) is 19.8 Å². The van der Waals surface area contributed by atoms with Gasteiger partial charge >= 0.3 is 0 Å². The van der Waals surface area contributed by atoms with E-state index in [0.717, 1.165) is 6.07 Å². The Morgan fingerprint density at radius 2 is 1.70 bits per heavy atom. The molecule has 2 aromatic carbocycles. The lowest BCUT2D eigenvalue weighted by Gasteiger charge is -2.42. The normalized spacial score (nSPS) is 32.4. The fraction of sp³-hybridized carbons (Fsp3) is 0.423. The van der Waals surface area contributed by atoms with Crippen molar-refractivity contribution in [2.75, 3.05) is 19.8 Å². The second kappa shape index (κ2) is 10.9.